The molecule has 33 heavy (non-hydrogen) atoms. The van der Waals surface area contributed by atoms with Crippen molar-refractivity contribution in [1.82, 2.24) is 4.90 Å². The maximum Gasteiger partial charge on any atom is 0.278 e. The van der Waals surface area contributed by atoms with E-state index >= 15 is 0 Å². The molecular weight excluding hydrogens is 416 g/mol. The van der Waals surface area contributed by atoms with Crippen LogP contribution in [0.25, 0.3) is 5.57 Å². The third kappa shape index (κ3) is 5.82. The molecule has 3 rings (SSSR count). The van der Waals surface area contributed by atoms with Gasteiger partial charge in [-0.05, 0) is 56.9 Å². The summed E-state index contributed by atoms with van der Waals surface area (Å²) in [6.07, 6.45) is 2.68. The molecule has 0 radical (unpaired) electrons. The number of unbranched alkanes of at least 4 members (excludes halogenated alkanes) is 1. The number of carbonyl (C=O) groups is 2. The SMILES string of the molecule is CCCCOCCCN1C(=O)C(Nc2ccccc2OCC)=C(c2ccc(C)cc2C)C1=O. The molecule has 2 amide bonds. The summed E-state index contributed by atoms with van der Waals surface area (Å²) in [4.78, 5) is 28.2. The highest BCUT2D eigenvalue weighted by Crippen LogP contribution is 2.34. The lowest BCUT2D eigenvalue weighted by Crippen LogP contribution is -2.34. The molecule has 1 aliphatic rings. The first kappa shape index (κ1) is 24.5. The van der Waals surface area contributed by atoms with Crippen LogP contribution >= 0.6 is 0 Å². The van der Waals surface area contributed by atoms with Gasteiger partial charge in [-0.1, -0.05) is 49.2 Å². The van der Waals surface area contributed by atoms with Crippen molar-refractivity contribution in [2.45, 2.75) is 47.0 Å². The van der Waals surface area contributed by atoms with Crippen LogP contribution in [0.15, 0.2) is 48.2 Å². The van der Waals surface area contributed by atoms with Crippen LogP contribution < -0.4 is 10.1 Å². The smallest absolute Gasteiger partial charge is 0.278 e. The van der Waals surface area contributed by atoms with Crippen LogP contribution in [0.2, 0.25) is 0 Å². The molecule has 0 saturated heterocycles. The number of hydrogen-bond donors (Lipinski definition) is 1. The van der Waals surface area contributed by atoms with Crippen molar-refractivity contribution < 1.29 is 19.1 Å². The third-order valence-corrected chi connectivity index (χ3v) is 5.58. The second kappa shape index (κ2) is 11.7. The minimum absolute atomic E-state index is 0.281. The van der Waals surface area contributed by atoms with Crippen molar-refractivity contribution >= 4 is 23.1 Å². The zero-order valence-electron chi connectivity index (χ0n) is 20.1. The summed E-state index contributed by atoms with van der Waals surface area (Å²) in [5.41, 5.74) is 4.15. The summed E-state index contributed by atoms with van der Waals surface area (Å²) in [7, 11) is 0. The average molecular weight is 451 g/mol. The summed E-state index contributed by atoms with van der Waals surface area (Å²) in [6, 6.07) is 13.3. The molecule has 2 aromatic carbocycles. The molecule has 0 saturated carbocycles. The van der Waals surface area contributed by atoms with E-state index in [1.54, 1.807) is 0 Å². The fourth-order valence-corrected chi connectivity index (χ4v) is 3.90. The topological polar surface area (TPSA) is 67.9 Å². The summed E-state index contributed by atoms with van der Waals surface area (Å²) >= 11 is 0. The van der Waals surface area contributed by atoms with Gasteiger partial charge < -0.3 is 14.8 Å². The number of hydrogen-bond acceptors (Lipinski definition) is 5. The Hall–Kier alpha value is -3.12. The van der Waals surface area contributed by atoms with Crippen LogP contribution in [0.3, 0.4) is 0 Å². The second-order valence-corrected chi connectivity index (χ2v) is 8.20. The second-order valence-electron chi connectivity index (χ2n) is 8.20. The number of para-hydroxylation sites is 2. The van der Waals surface area contributed by atoms with Gasteiger partial charge >= 0.3 is 0 Å². The molecule has 0 bridgehead atoms. The number of carbonyl (C=O) groups excluding carboxylic acids is 2. The van der Waals surface area contributed by atoms with Crippen molar-refractivity contribution in [3.05, 3.63) is 64.9 Å². The number of ether oxygens (including phenoxy) is 2. The Morgan fingerprint density at radius 3 is 2.42 bits per heavy atom. The Balaban J connectivity index is 1.91. The van der Waals surface area contributed by atoms with Crippen molar-refractivity contribution in [2.24, 2.45) is 0 Å². The molecule has 6 nitrogen and oxygen atoms in total. The number of rotatable bonds is 12. The highest BCUT2D eigenvalue weighted by atomic mass is 16.5. The number of amides is 2. The van der Waals surface area contributed by atoms with Gasteiger partial charge in [0.1, 0.15) is 11.4 Å². The summed E-state index contributed by atoms with van der Waals surface area (Å²) < 4.78 is 11.3. The van der Waals surface area contributed by atoms with Gasteiger partial charge in [0.15, 0.2) is 0 Å². The van der Waals surface area contributed by atoms with E-state index in [4.69, 9.17) is 9.47 Å². The molecule has 1 heterocycles. The van der Waals surface area contributed by atoms with Crippen molar-refractivity contribution in [3.63, 3.8) is 0 Å². The first-order valence-electron chi connectivity index (χ1n) is 11.7. The molecule has 0 aromatic heterocycles. The largest absolute Gasteiger partial charge is 0.492 e. The minimum Gasteiger partial charge on any atom is -0.492 e. The molecule has 0 fully saturated rings. The Morgan fingerprint density at radius 2 is 1.70 bits per heavy atom. The molecular formula is C27H34N2O4. The van der Waals surface area contributed by atoms with Crippen molar-refractivity contribution in [1.29, 1.82) is 0 Å². The molecule has 1 N–H and O–H groups in total. The first-order valence-corrected chi connectivity index (χ1v) is 11.7. The molecule has 0 atom stereocenters. The zero-order chi connectivity index (χ0) is 23.8. The van der Waals surface area contributed by atoms with Crippen molar-refractivity contribution in [2.75, 3.05) is 31.7 Å². The van der Waals surface area contributed by atoms with Gasteiger partial charge in [0.05, 0.1) is 17.9 Å². The Labute approximate surface area is 196 Å². The van der Waals surface area contributed by atoms with Crippen LogP contribution in [-0.4, -0.2) is 43.1 Å². The number of anilines is 1. The lowest BCUT2D eigenvalue weighted by molar-refractivity contribution is -0.137. The molecule has 2 aromatic rings. The quantitative estimate of drug-likeness (QED) is 0.360. The molecule has 6 heteroatoms. The monoisotopic (exact) mass is 450 g/mol. The molecule has 176 valence electrons. The van der Waals surface area contributed by atoms with Crippen LogP contribution in [0.1, 0.15) is 49.8 Å². The van der Waals surface area contributed by atoms with E-state index in [1.807, 2.05) is 63.2 Å². The fraction of sp³-hybridized carbons (Fsp3) is 0.407. The van der Waals surface area contributed by atoms with Gasteiger partial charge in [0.2, 0.25) is 0 Å². The number of benzene rings is 2. The third-order valence-electron chi connectivity index (χ3n) is 5.58. The lowest BCUT2D eigenvalue weighted by atomic mass is 9.97. The summed E-state index contributed by atoms with van der Waals surface area (Å²) in [5, 5.41) is 3.22. The molecule has 0 aliphatic carbocycles. The van der Waals surface area contributed by atoms with Gasteiger partial charge in [0, 0.05) is 19.8 Å². The highest BCUT2D eigenvalue weighted by molar-refractivity contribution is 6.36. The lowest BCUT2D eigenvalue weighted by Gasteiger charge is -2.16. The fourth-order valence-electron chi connectivity index (χ4n) is 3.90. The number of nitrogens with one attached hydrogen (secondary N) is 1. The highest BCUT2D eigenvalue weighted by Gasteiger charge is 2.39. The van der Waals surface area contributed by atoms with Crippen LogP contribution in [-0.2, 0) is 14.3 Å². The number of imide groups is 1. The first-order chi connectivity index (χ1) is 16.0. The van der Waals surface area contributed by atoms with E-state index in [0.29, 0.717) is 49.8 Å². The van der Waals surface area contributed by atoms with Gasteiger partial charge in [-0.3, -0.25) is 14.5 Å². The number of nitrogens with zero attached hydrogens (tertiary/aromatic N) is 1. The number of aryl methyl sites for hydroxylation is 2. The Kier molecular flexibility index (Phi) is 8.66. The predicted octanol–water partition coefficient (Wildman–Crippen LogP) is 5.10. The maximum absolute atomic E-state index is 13.5. The van der Waals surface area contributed by atoms with E-state index in [9.17, 15) is 9.59 Å². The van der Waals surface area contributed by atoms with Crippen LogP contribution in [0.5, 0.6) is 5.75 Å². The normalized spacial score (nSPS) is 13.8. The minimum atomic E-state index is -0.324. The van der Waals surface area contributed by atoms with Gasteiger partial charge in [-0.2, -0.15) is 0 Å². The van der Waals surface area contributed by atoms with Gasteiger partial charge in [-0.15, -0.1) is 0 Å². The summed E-state index contributed by atoms with van der Waals surface area (Å²) in [5.74, 6) is 0.0299. The predicted molar refractivity (Wildman–Crippen MR) is 131 cm³/mol. The van der Waals surface area contributed by atoms with Gasteiger partial charge in [0.25, 0.3) is 11.8 Å². The van der Waals surface area contributed by atoms with Crippen molar-refractivity contribution in [3.8, 4) is 5.75 Å². The zero-order valence-corrected chi connectivity index (χ0v) is 20.1. The maximum atomic E-state index is 13.5. The Morgan fingerprint density at radius 1 is 0.939 bits per heavy atom. The van der Waals surface area contributed by atoms with Crippen LogP contribution in [0.4, 0.5) is 5.69 Å². The standard InChI is InChI=1S/C27H34N2O4/c1-5-7-16-32-17-10-15-29-26(30)24(21-14-13-19(3)18-20(21)4)25(27(29)31)28-22-11-8-9-12-23(22)33-6-2/h8-9,11-14,18,28H,5-7,10,15-17H2,1-4H3. The van der Waals surface area contributed by atoms with E-state index in [-0.39, 0.29) is 17.5 Å². The summed E-state index contributed by atoms with van der Waals surface area (Å²) in [6.45, 7) is 10.0. The van der Waals surface area contributed by atoms with E-state index in [0.717, 1.165) is 29.5 Å². The van der Waals surface area contributed by atoms with E-state index in [1.165, 1.54) is 4.90 Å². The van der Waals surface area contributed by atoms with Gasteiger partial charge in [-0.25, -0.2) is 0 Å². The molecule has 1 aliphatic heterocycles. The Bertz CT molecular complexity index is 1030. The van der Waals surface area contributed by atoms with E-state index < -0.39 is 0 Å². The molecule has 0 spiro atoms. The molecule has 0 unspecified atom stereocenters. The van der Waals surface area contributed by atoms with E-state index in [2.05, 4.69) is 12.2 Å². The average Bonchev–Trinajstić information content (AvgIpc) is 3.02. The van der Waals surface area contributed by atoms with Crippen LogP contribution in [0, 0.1) is 13.8 Å².